The summed E-state index contributed by atoms with van der Waals surface area (Å²) in [4.78, 5) is 10.5. The molecule has 0 unspecified atom stereocenters. The minimum atomic E-state index is 0.561. The van der Waals surface area contributed by atoms with Crippen molar-refractivity contribution in [1.82, 2.24) is 0 Å². The van der Waals surface area contributed by atoms with E-state index < -0.39 is 0 Å². The molecule has 66 valence electrons. The number of nitrogens with two attached hydrogens (primary N) is 1. The lowest BCUT2D eigenvalue weighted by Gasteiger charge is -1.92. The molecule has 0 saturated heterocycles. The Morgan fingerprint density at radius 3 is 2.92 bits per heavy atom. The molecule has 13 heavy (non-hydrogen) atoms. The van der Waals surface area contributed by atoms with Crippen molar-refractivity contribution in [2.45, 2.75) is 0 Å². The van der Waals surface area contributed by atoms with Crippen molar-refractivity contribution in [2.24, 2.45) is 0 Å². The third kappa shape index (κ3) is 1.30. The Hall–Kier alpha value is -1.06. The molecule has 1 aromatic carbocycles. The second-order valence-corrected chi connectivity index (χ2v) is 4.32. The van der Waals surface area contributed by atoms with E-state index in [0.717, 1.165) is 16.4 Å². The van der Waals surface area contributed by atoms with Gasteiger partial charge in [0.15, 0.2) is 0 Å². The number of fused-ring (bicyclic) bond motifs is 1. The van der Waals surface area contributed by atoms with Crippen molar-refractivity contribution < 1.29 is 4.79 Å². The van der Waals surface area contributed by atoms with Crippen LogP contribution in [-0.2, 0) is 0 Å². The monoisotopic (exact) mass is 211 g/mol. The first-order valence-corrected chi connectivity index (χ1v) is 4.84. The quantitative estimate of drug-likeness (QED) is 0.737. The van der Waals surface area contributed by atoms with Crippen LogP contribution in [0, 0.1) is 0 Å². The number of nitrogen functional groups attached to an aromatic ring is 1. The summed E-state index contributed by atoms with van der Waals surface area (Å²) < 4.78 is 1.59. The van der Waals surface area contributed by atoms with Crippen LogP contribution >= 0.6 is 22.9 Å². The van der Waals surface area contributed by atoms with Gasteiger partial charge < -0.3 is 5.73 Å². The minimum absolute atomic E-state index is 0.561. The van der Waals surface area contributed by atoms with E-state index in [2.05, 4.69) is 0 Å². The Morgan fingerprint density at radius 2 is 2.23 bits per heavy atom. The molecular formula is C9H6ClNOS. The Kier molecular flexibility index (Phi) is 1.98. The van der Waals surface area contributed by atoms with Gasteiger partial charge in [-0.05, 0) is 12.1 Å². The van der Waals surface area contributed by atoms with E-state index in [9.17, 15) is 4.79 Å². The minimum Gasteiger partial charge on any atom is -0.396 e. The summed E-state index contributed by atoms with van der Waals surface area (Å²) in [5.41, 5.74) is 6.90. The highest BCUT2D eigenvalue weighted by Gasteiger charge is 2.07. The number of anilines is 1. The van der Waals surface area contributed by atoms with Crippen molar-refractivity contribution in [2.75, 3.05) is 5.73 Å². The van der Waals surface area contributed by atoms with Gasteiger partial charge in [-0.15, -0.1) is 11.3 Å². The zero-order valence-corrected chi connectivity index (χ0v) is 8.15. The Morgan fingerprint density at radius 1 is 1.46 bits per heavy atom. The number of aldehydes is 1. The molecule has 0 spiro atoms. The fourth-order valence-corrected chi connectivity index (χ4v) is 2.36. The summed E-state index contributed by atoms with van der Waals surface area (Å²) in [5, 5.41) is 0.861. The van der Waals surface area contributed by atoms with Crippen molar-refractivity contribution in [3.63, 3.8) is 0 Å². The van der Waals surface area contributed by atoms with Crippen LogP contribution < -0.4 is 5.73 Å². The van der Waals surface area contributed by atoms with Gasteiger partial charge in [-0.25, -0.2) is 0 Å². The van der Waals surface area contributed by atoms with E-state index in [1.54, 1.807) is 12.1 Å². The van der Waals surface area contributed by atoms with Crippen LogP contribution in [0.3, 0.4) is 0 Å². The first-order valence-electron chi connectivity index (χ1n) is 3.65. The molecular weight excluding hydrogens is 206 g/mol. The molecule has 0 fully saturated rings. The lowest BCUT2D eigenvalue weighted by atomic mass is 10.2. The van der Waals surface area contributed by atoms with Crippen LogP contribution in [0.2, 0.25) is 4.34 Å². The second kappa shape index (κ2) is 3.01. The number of benzene rings is 1. The third-order valence-electron chi connectivity index (χ3n) is 1.84. The van der Waals surface area contributed by atoms with Crippen LogP contribution in [0.5, 0.6) is 0 Å². The third-order valence-corrected chi connectivity index (χ3v) is 3.25. The molecule has 1 heterocycles. The van der Waals surface area contributed by atoms with Gasteiger partial charge in [-0.2, -0.15) is 0 Å². The summed E-state index contributed by atoms with van der Waals surface area (Å²) in [6.45, 7) is 0. The van der Waals surface area contributed by atoms with Gasteiger partial charge >= 0.3 is 0 Å². The molecule has 0 aliphatic rings. The largest absolute Gasteiger partial charge is 0.396 e. The van der Waals surface area contributed by atoms with Crippen LogP contribution in [0.1, 0.15) is 10.4 Å². The van der Waals surface area contributed by atoms with Crippen molar-refractivity contribution in [3.8, 4) is 0 Å². The van der Waals surface area contributed by atoms with Gasteiger partial charge in [0.05, 0.1) is 5.69 Å². The number of hydrogen-bond donors (Lipinski definition) is 1. The molecule has 0 bridgehead atoms. The zero-order valence-electron chi connectivity index (χ0n) is 6.58. The summed E-state index contributed by atoms with van der Waals surface area (Å²) in [6, 6.07) is 5.35. The van der Waals surface area contributed by atoms with Gasteiger partial charge in [0, 0.05) is 15.6 Å². The molecule has 0 atom stereocenters. The Bertz CT molecular complexity index is 478. The summed E-state index contributed by atoms with van der Waals surface area (Å²) >= 11 is 7.28. The second-order valence-electron chi connectivity index (χ2n) is 2.66. The summed E-state index contributed by atoms with van der Waals surface area (Å²) in [5.74, 6) is 0. The number of halogens is 1. The van der Waals surface area contributed by atoms with Crippen LogP contribution in [-0.4, -0.2) is 6.29 Å². The lowest BCUT2D eigenvalue weighted by Crippen LogP contribution is -1.83. The van der Waals surface area contributed by atoms with Gasteiger partial charge in [-0.1, -0.05) is 17.7 Å². The van der Waals surface area contributed by atoms with Crippen LogP contribution in [0.4, 0.5) is 5.69 Å². The number of hydrogen-bond acceptors (Lipinski definition) is 3. The predicted octanol–water partition coefficient (Wildman–Crippen LogP) is 2.95. The molecule has 2 aromatic rings. The molecule has 0 saturated carbocycles. The number of rotatable bonds is 1. The maximum absolute atomic E-state index is 10.5. The van der Waals surface area contributed by atoms with Gasteiger partial charge in [0.2, 0.25) is 0 Å². The van der Waals surface area contributed by atoms with Gasteiger partial charge in [0.25, 0.3) is 0 Å². The zero-order chi connectivity index (χ0) is 9.42. The topological polar surface area (TPSA) is 43.1 Å². The number of carbonyl (C=O) groups is 1. The number of carbonyl (C=O) groups excluding carboxylic acids is 1. The average molecular weight is 212 g/mol. The van der Waals surface area contributed by atoms with Crippen LogP contribution in [0.15, 0.2) is 18.2 Å². The highest BCUT2D eigenvalue weighted by atomic mass is 35.5. The predicted molar refractivity (Wildman–Crippen MR) is 56.6 cm³/mol. The van der Waals surface area contributed by atoms with Gasteiger partial charge in [-0.3, -0.25) is 4.79 Å². The summed E-state index contributed by atoms with van der Waals surface area (Å²) in [6.07, 6.45) is 0.796. The van der Waals surface area contributed by atoms with Crippen LogP contribution in [0.25, 0.3) is 10.1 Å². The highest BCUT2D eigenvalue weighted by molar-refractivity contribution is 7.23. The molecule has 0 radical (unpaired) electrons. The Labute approximate surface area is 83.9 Å². The normalized spacial score (nSPS) is 10.5. The van der Waals surface area contributed by atoms with E-state index in [4.69, 9.17) is 17.3 Å². The van der Waals surface area contributed by atoms with E-state index in [1.165, 1.54) is 11.3 Å². The van der Waals surface area contributed by atoms with E-state index in [1.807, 2.05) is 6.07 Å². The van der Waals surface area contributed by atoms with E-state index in [-0.39, 0.29) is 0 Å². The molecule has 1 aromatic heterocycles. The van der Waals surface area contributed by atoms with Crippen molar-refractivity contribution >= 4 is 45.0 Å². The molecule has 0 aliphatic heterocycles. The van der Waals surface area contributed by atoms with E-state index >= 15 is 0 Å². The molecule has 0 amide bonds. The molecule has 2 rings (SSSR count). The Balaban J connectivity index is 2.81. The molecule has 2 nitrogen and oxygen atoms in total. The molecule has 0 aliphatic carbocycles. The highest BCUT2D eigenvalue weighted by Crippen LogP contribution is 2.37. The lowest BCUT2D eigenvalue weighted by molar-refractivity contribution is 0.112. The maximum atomic E-state index is 10.5. The molecule has 4 heteroatoms. The van der Waals surface area contributed by atoms with Crippen molar-refractivity contribution in [3.05, 3.63) is 28.1 Å². The average Bonchev–Trinajstić information content (AvgIpc) is 2.43. The number of thiophene rings is 1. The fraction of sp³-hybridized carbons (Fsp3) is 0. The first kappa shape index (κ1) is 8.53. The van der Waals surface area contributed by atoms with Gasteiger partial charge in [0.1, 0.15) is 10.6 Å². The SMILES string of the molecule is Nc1c(Cl)sc2ccc(C=O)cc12. The maximum Gasteiger partial charge on any atom is 0.150 e. The molecule has 2 N–H and O–H groups in total. The standard InChI is InChI=1S/C9H6ClNOS/c10-9-8(11)6-3-5(4-12)1-2-7(6)13-9/h1-4H,11H2. The smallest absolute Gasteiger partial charge is 0.150 e. The first-order chi connectivity index (χ1) is 6.22. The van der Waals surface area contributed by atoms with Crippen molar-refractivity contribution in [1.29, 1.82) is 0 Å². The fourth-order valence-electron chi connectivity index (χ4n) is 1.18. The van der Waals surface area contributed by atoms with E-state index in [0.29, 0.717) is 15.6 Å². The summed E-state index contributed by atoms with van der Waals surface area (Å²) in [7, 11) is 0.